The highest BCUT2D eigenvalue weighted by molar-refractivity contribution is 5.99. The van der Waals surface area contributed by atoms with Crippen molar-refractivity contribution in [3.05, 3.63) is 72.1 Å². The number of esters is 2. The minimum atomic E-state index is -0.620. The molecule has 0 atom stereocenters. The molecule has 0 aliphatic heterocycles. The van der Waals surface area contributed by atoms with Gasteiger partial charge in [-0.15, -0.1) is 0 Å². The van der Waals surface area contributed by atoms with Crippen molar-refractivity contribution in [2.45, 2.75) is 6.54 Å². The molecule has 2 aromatic carbocycles. The fourth-order valence-electron chi connectivity index (χ4n) is 2.81. The molecule has 0 aliphatic carbocycles. The molecular weight excluding hydrogens is 360 g/mol. The third-order valence-electron chi connectivity index (χ3n) is 4.13. The van der Waals surface area contributed by atoms with Gasteiger partial charge in [0.05, 0.1) is 25.3 Å². The molecule has 0 unspecified atom stereocenters. The van der Waals surface area contributed by atoms with Crippen LogP contribution in [0.2, 0.25) is 0 Å². The fraction of sp³-hybridized carbons (Fsp3) is 0.143. The van der Waals surface area contributed by atoms with Crippen LogP contribution in [0, 0.1) is 0 Å². The zero-order chi connectivity index (χ0) is 20.1. The number of nitrogens with zero attached hydrogens (tertiary/aromatic N) is 1. The number of carbonyl (C=O) groups excluding carboxylic acids is 3. The molecule has 0 saturated heterocycles. The Labute approximate surface area is 161 Å². The van der Waals surface area contributed by atoms with E-state index in [0.29, 0.717) is 5.69 Å². The van der Waals surface area contributed by atoms with Gasteiger partial charge >= 0.3 is 11.9 Å². The van der Waals surface area contributed by atoms with Crippen LogP contribution in [0.3, 0.4) is 0 Å². The predicted octanol–water partition coefficient (Wildman–Crippen LogP) is 2.34. The number of anilines is 1. The maximum atomic E-state index is 12.5. The molecule has 0 bridgehead atoms. The minimum absolute atomic E-state index is 0.0703. The van der Waals surface area contributed by atoms with E-state index in [9.17, 15) is 14.4 Å². The van der Waals surface area contributed by atoms with E-state index in [4.69, 9.17) is 9.47 Å². The molecule has 0 aliphatic rings. The van der Waals surface area contributed by atoms with Gasteiger partial charge in [-0.25, -0.2) is 9.59 Å². The van der Waals surface area contributed by atoms with E-state index in [1.165, 1.54) is 32.4 Å². The van der Waals surface area contributed by atoms with E-state index in [0.717, 1.165) is 10.8 Å². The van der Waals surface area contributed by atoms with E-state index >= 15 is 0 Å². The van der Waals surface area contributed by atoms with E-state index in [2.05, 4.69) is 5.32 Å². The van der Waals surface area contributed by atoms with Gasteiger partial charge in [0, 0.05) is 17.1 Å². The molecule has 0 radical (unpaired) electrons. The van der Waals surface area contributed by atoms with Crippen LogP contribution in [0.15, 0.2) is 60.9 Å². The Morgan fingerprint density at radius 2 is 1.50 bits per heavy atom. The van der Waals surface area contributed by atoms with Crippen molar-refractivity contribution in [2.75, 3.05) is 19.5 Å². The van der Waals surface area contributed by atoms with Crippen LogP contribution in [0.5, 0.6) is 0 Å². The van der Waals surface area contributed by atoms with Crippen molar-refractivity contribution < 1.29 is 28.4 Å². The Bertz CT molecular complexity index is 1030. The summed E-state index contributed by atoms with van der Waals surface area (Å²) < 4.78 is 11.1. The van der Waals surface area contributed by atoms with E-state index in [1.807, 2.05) is 42.7 Å². The van der Waals surface area contributed by atoms with Crippen LogP contribution in [0.25, 0.3) is 10.8 Å². The standard InChI is InChI=1S/C21H18N2O5/c1-27-20(25)16-9-17(21(26)28-2)11-18(10-16)22-19(24)13-23-8-7-14-5-3-4-6-15(14)12-23/h3-12H,13H2,1-2H3/p+1. The van der Waals surface area contributed by atoms with Crippen molar-refractivity contribution in [3.63, 3.8) is 0 Å². The van der Waals surface area contributed by atoms with Crippen molar-refractivity contribution >= 4 is 34.3 Å². The molecule has 0 saturated carbocycles. The lowest BCUT2D eigenvalue weighted by molar-refractivity contribution is -0.682. The van der Waals surface area contributed by atoms with E-state index in [-0.39, 0.29) is 23.6 Å². The molecule has 7 heteroatoms. The lowest BCUT2D eigenvalue weighted by Gasteiger charge is -2.09. The summed E-state index contributed by atoms with van der Waals surface area (Å²) in [6.45, 7) is 0.0703. The average Bonchev–Trinajstić information content (AvgIpc) is 2.72. The van der Waals surface area contributed by atoms with Crippen LogP contribution < -0.4 is 9.88 Å². The number of hydrogen-bond acceptors (Lipinski definition) is 5. The summed E-state index contributed by atoms with van der Waals surface area (Å²) in [5, 5.41) is 4.79. The van der Waals surface area contributed by atoms with Crippen LogP contribution in [0.4, 0.5) is 5.69 Å². The maximum absolute atomic E-state index is 12.5. The number of aromatic nitrogens is 1. The van der Waals surface area contributed by atoms with Gasteiger partial charge in [0.1, 0.15) is 0 Å². The summed E-state index contributed by atoms with van der Waals surface area (Å²) in [5.41, 5.74) is 0.577. The number of methoxy groups -OCH3 is 2. The Morgan fingerprint density at radius 3 is 2.11 bits per heavy atom. The summed E-state index contributed by atoms with van der Waals surface area (Å²) in [5.74, 6) is -1.55. The number of benzene rings is 2. The maximum Gasteiger partial charge on any atom is 0.337 e. The number of nitrogens with one attached hydrogen (secondary N) is 1. The van der Waals surface area contributed by atoms with Gasteiger partial charge < -0.3 is 14.8 Å². The van der Waals surface area contributed by atoms with Gasteiger partial charge in [-0.1, -0.05) is 18.2 Å². The molecule has 1 N–H and O–H groups in total. The van der Waals surface area contributed by atoms with Gasteiger partial charge in [-0.2, -0.15) is 4.57 Å². The smallest absolute Gasteiger partial charge is 0.337 e. The van der Waals surface area contributed by atoms with E-state index in [1.54, 1.807) is 4.57 Å². The van der Waals surface area contributed by atoms with Crippen molar-refractivity contribution in [2.24, 2.45) is 0 Å². The van der Waals surface area contributed by atoms with Gasteiger partial charge in [-0.3, -0.25) is 4.79 Å². The molecule has 142 valence electrons. The molecule has 1 aromatic heterocycles. The number of pyridine rings is 1. The highest BCUT2D eigenvalue weighted by atomic mass is 16.5. The quantitative estimate of drug-likeness (QED) is 0.543. The highest BCUT2D eigenvalue weighted by Gasteiger charge is 2.16. The first-order valence-corrected chi connectivity index (χ1v) is 8.49. The second-order valence-electron chi connectivity index (χ2n) is 6.08. The SMILES string of the molecule is COC(=O)c1cc(NC(=O)C[n+]2ccc3ccccc3c2)cc(C(=O)OC)c1. The normalized spacial score (nSPS) is 10.4. The summed E-state index contributed by atoms with van der Waals surface area (Å²) in [6, 6.07) is 14.0. The zero-order valence-corrected chi connectivity index (χ0v) is 15.5. The molecule has 28 heavy (non-hydrogen) atoms. The highest BCUT2D eigenvalue weighted by Crippen LogP contribution is 2.17. The second-order valence-corrected chi connectivity index (χ2v) is 6.08. The topological polar surface area (TPSA) is 85.6 Å². The van der Waals surface area contributed by atoms with Gasteiger partial charge in [0.2, 0.25) is 6.54 Å². The Morgan fingerprint density at radius 1 is 0.893 bits per heavy atom. The number of ether oxygens (including phenoxy) is 2. The molecule has 7 nitrogen and oxygen atoms in total. The van der Waals surface area contributed by atoms with Gasteiger partial charge in [0.25, 0.3) is 5.91 Å². The molecule has 0 spiro atoms. The number of fused-ring (bicyclic) bond motifs is 1. The molecule has 1 heterocycles. The Kier molecular flexibility index (Phi) is 5.64. The zero-order valence-electron chi connectivity index (χ0n) is 15.5. The number of amides is 1. The molecular formula is C21H19N2O5+. The minimum Gasteiger partial charge on any atom is -0.465 e. The molecule has 0 fully saturated rings. The fourth-order valence-corrected chi connectivity index (χ4v) is 2.81. The third-order valence-corrected chi connectivity index (χ3v) is 4.13. The molecule has 3 rings (SSSR count). The largest absolute Gasteiger partial charge is 0.465 e. The first-order chi connectivity index (χ1) is 13.5. The summed E-state index contributed by atoms with van der Waals surface area (Å²) in [7, 11) is 2.48. The summed E-state index contributed by atoms with van der Waals surface area (Å²) >= 11 is 0. The molecule has 3 aromatic rings. The Balaban J connectivity index is 1.81. The van der Waals surface area contributed by atoms with Crippen molar-refractivity contribution in [1.82, 2.24) is 0 Å². The van der Waals surface area contributed by atoms with Crippen LogP contribution in [-0.2, 0) is 20.8 Å². The van der Waals surface area contributed by atoms with Gasteiger partial charge in [0.15, 0.2) is 12.4 Å². The van der Waals surface area contributed by atoms with Crippen LogP contribution in [-0.4, -0.2) is 32.1 Å². The first-order valence-electron chi connectivity index (χ1n) is 8.49. The predicted molar refractivity (Wildman–Crippen MR) is 102 cm³/mol. The summed E-state index contributed by atoms with van der Waals surface area (Å²) in [6.07, 6.45) is 3.69. The number of rotatable bonds is 5. The van der Waals surface area contributed by atoms with Crippen LogP contribution >= 0.6 is 0 Å². The third kappa shape index (κ3) is 4.32. The van der Waals surface area contributed by atoms with Crippen LogP contribution in [0.1, 0.15) is 20.7 Å². The summed E-state index contributed by atoms with van der Waals surface area (Å²) in [4.78, 5) is 36.1. The number of carbonyl (C=O) groups is 3. The van der Waals surface area contributed by atoms with Gasteiger partial charge in [-0.05, 0) is 29.7 Å². The first kappa shape index (κ1) is 19.0. The number of hydrogen-bond donors (Lipinski definition) is 1. The van der Waals surface area contributed by atoms with E-state index < -0.39 is 11.9 Å². The monoisotopic (exact) mass is 379 g/mol. The van der Waals surface area contributed by atoms with Crippen molar-refractivity contribution in [1.29, 1.82) is 0 Å². The lowest BCUT2D eigenvalue weighted by Crippen LogP contribution is -2.39. The average molecular weight is 379 g/mol. The Hall–Kier alpha value is -3.74. The lowest BCUT2D eigenvalue weighted by atomic mass is 10.1. The second kappa shape index (κ2) is 8.30. The molecule has 1 amide bonds. The van der Waals surface area contributed by atoms with Crippen molar-refractivity contribution in [3.8, 4) is 0 Å².